The SMILES string of the molecule is c1cc(CN2CCc3nc(N4CCOCC4)nc(NC4CC4)c3C2)co1. The molecule has 26 heavy (non-hydrogen) atoms. The molecule has 2 fully saturated rings. The molecule has 0 radical (unpaired) electrons. The molecule has 0 aromatic carbocycles. The van der Waals surface area contributed by atoms with Crippen LogP contribution in [0.5, 0.6) is 0 Å². The van der Waals surface area contributed by atoms with Gasteiger partial charge >= 0.3 is 0 Å². The molecule has 138 valence electrons. The summed E-state index contributed by atoms with van der Waals surface area (Å²) in [7, 11) is 0. The van der Waals surface area contributed by atoms with E-state index in [9.17, 15) is 0 Å². The van der Waals surface area contributed by atoms with Crippen LogP contribution in [-0.2, 0) is 24.2 Å². The fourth-order valence-electron chi connectivity index (χ4n) is 3.68. The van der Waals surface area contributed by atoms with Crippen LogP contribution in [0.1, 0.15) is 29.7 Å². The van der Waals surface area contributed by atoms with E-state index in [1.807, 2.05) is 12.3 Å². The lowest BCUT2D eigenvalue weighted by molar-refractivity contribution is 0.122. The quantitative estimate of drug-likeness (QED) is 0.880. The molecule has 3 aliphatic rings. The van der Waals surface area contributed by atoms with Crippen LogP contribution >= 0.6 is 0 Å². The van der Waals surface area contributed by atoms with Gasteiger partial charge in [-0.05, 0) is 18.9 Å². The topological polar surface area (TPSA) is 66.7 Å². The second-order valence-corrected chi connectivity index (χ2v) is 7.41. The standard InChI is InChI=1S/C19H25N5O2/c1-2-15(1)20-18-16-12-23(11-14-4-8-26-13-14)5-3-17(16)21-19(22-18)24-6-9-25-10-7-24/h4,8,13,15H,1-3,5-7,9-12H2,(H,20,21,22). The van der Waals surface area contributed by atoms with Gasteiger partial charge in [-0.3, -0.25) is 4.90 Å². The number of ether oxygens (including phenoxy) is 1. The number of hydrogen-bond acceptors (Lipinski definition) is 7. The summed E-state index contributed by atoms with van der Waals surface area (Å²) in [6, 6.07) is 2.62. The summed E-state index contributed by atoms with van der Waals surface area (Å²) in [6.07, 6.45) is 7.02. The van der Waals surface area contributed by atoms with Crippen molar-refractivity contribution in [1.29, 1.82) is 0 Å². The first-order valence-corrected chi connectivity index (χ1v) is 9.57. The van der Waals surface area contributed by atoms with Crippen LogP contribution in [0.4, 0.5) is 11.8 Å². The predicted octanol–water partition coefficient (Wildman–Crippen LogP) is 2.04. The maximum absolute atomic E-state index is 5.48. The molecular formula is C19H25N5O2. The van der Waals surface area contributed by atoms with Crippen molar-refractivity contribution in [3.63, 3.8) is 0 Å². The minimum Gasteiger partial charge on any atom is -0.472 e. The molecule has 5 rings (SSSR count). The smallest absolute Gasteiger partial charge is 0.227 e. The molecule has 0 atom stereocenters. The van der Waals surface area contributed by atoms with Crippen molar-refractivity contribution < 1.29 is 9.15 Å². The molecule has 7 nitrogen and oxygen atoms in total. The summed E-state index contributed by atoms with van der Waals surface area (Å²) in [5.41, 5.74) is 3.69. The fourth-order valence-corrected chi connectivity index (χ4v) is 3.68. The van der Waals surface area contributed by atoms with Crippen molar-refractivity contribution in [3.05, 3.63) is 35.4 Å². The molecule has 1 aliphatic carbocycles. The van der Waals surface area contributed by atoms with Crippen molar-refractivity contribution in [2.45, 2.75) is 38.4 Å². The normalized spacial score (nSPS) is 20.8. The largest absolute Gasteiger partial charge is 0.472 e. The first-order chi connectivity index (χ1) is 12.8. The van der Waals surface area contributed by atoms with Crippen LogP contribution in [0.25, 0.3) is 0 Å². The number of morpholine rings is 1. The molecular weight excluding hydrogens is 330 g/mol. The molecule has 0 bridgehead atoms. The van der Waals surface area contributed by atoms with Crippen molar-refractivity contribution >= 4 is 11.8 Å². The summed E-state index contributed by atoms with van der Waals surface area (Å²) in [6.45, 7) is 6.06. The fraction of sp³-hybridized carbons (Fsp3) is 0.579. The van der Waals surface area contributed by atoms with E-state index in [1.165, 1.54) is 29.7 Å². The van der Waals surface area contributed by atoms with E-state index in [0.29, 0.717) is 6.04 Å². The average Bonchev–Trinajstić information content (AvgIpc) is 3.35. The summed E-state index contributed by atoms with van der Waals surface area (Å²) in [4.78, 5) is 14.6. The van der Waals surface area contributed by atoms with E-state index in [4.69, 9.17) is 19.1 Å². The van der Waals surface area contributed by atoms with E-state index in [-0.39, 0.29) is 0 Å². The molecule has 0 unspecified atom stereocenters. The summed E-state index contributed by atoms with van der Waals surface area (Å²) in [5, 5.41) is 3.65. The third-order valence-electron chi connectivity index (χ3n) is 5.33. The molecule has 2 aliphatic heterocycles. The Bertz CT molecular complexity index is 754. The minimum atomic E-state index is 0.579. The maximum Gasteiger partial charge on any atom is 0.227 e. The predicted molar refractivity (Wildman–Crippen MR) is 98.2 cm³/mol. The van der Waals surface area contributed by atoms with Crippen molar-refractivity contribution in [1.82, 2.24) is 14.9 Å². The summed E-state index contributed by atoms with van der Waals surface area (Å²) >= 11 is 0. The van der Waals surface area contributed by atoms with Gasteiger partial charge in [0, 0.05) is 56.3 Å². The van der Waals surface area contributed by atoms with Gasteiger partial charge in [0.15, 0.2) is 0 Å². The minimum absolute atomic E-state index is 0.579. The molecule has 1 N–H and O–H groups in total. The average molecular weight is 355 g/mol. The molecule has 4 heterocycles. The van der Waals surface area contributed by atoms with Crippen LogP contribution in [0.2, 0.25) is 0 Å². The zero-order valence-electron chi connectivity index (χ0n) is 15.0. The van der Waals surface area contributed by atoms with Gasteiger partial charge in [-0.2, -0.15) is 4.98 Å². The second kappa shape index (κ2) is 6.89. The molecule has 0 amide bonds. The zero-order chi connectivity index (χ0) is 17.3. The Morgan fingerprint density at radius 3 is 2.81 bits per heavy atom. The number of aromatic nitrogens is 2. The van der Waals surface area contributed by atoms with Gasteiger partial charge in [0.25, 0.3) is 0 Å². The Labute approximate surface area is 153 Å². The summed E-state index contributed by atoms with van der Waals surface area (Å²) < 4.78 is 10.7. The molecule has 0 spiro atoms. The van der Waals surface area contributed by atoms with E-state index >= 15 is 0 Å². The highest BCUT2D eigenvalue weighted by Crippen LogP contribution is 2.31. The zero-order valence-corrected chi connectivity index (χ0v) is 15.0. The summed E-state index contributed by atoms with van der Waals surface area (Å²) in [5.74, 6) is 1.90. The third-order valence-corrected chi connectivity index (χ3v) is 5.33. The van der Waals surface area contributed by atoms with E-state index < -0.39 is 0 Å². The van der Waals surface area contributed by atoms with Crippen molar-refractivity contribution in [2.24, 2.45) is 0 Å². The van der Waals surface area contributed by atoms with Gasteiger partial charge in [0.05, 0.1) is 31.4 Å². The van der Waals surface area contributed by atoms with E-state index in [1.54, 1.807) is 6.26 Å². The molecule has 1 saturated heterocycles. The molecule has 1 saturated carbocycles. The highest BCUT2D eigenvalue weighted by Gasteiger charge is 2.28. The van der Waals surface area contributed by atoms with Crippen LogP contribution < -0.4 is 10.2 Å². The van der Waals surface area contributed by atoms with Gasteiger partial charge in [-0.25, -0.2) is 4.98 Å². The van der Waals surface area contributed by atoms with Gasteiger partial charge in [0.1, 0.15) is 5.82 Å². The molecule has 2 aromatic rings. The number of nitrogens with zero attached hydrogens (tertiary/aromatic N) is 4. The molecule has 7 heteroatoms. The lowest BCUT2D eigenvalue weighted by atomic mass is 10.1. The van der Waals surface area contributed by atoms with Gasteiger partial charge in [0.2, 0.25) is 5.95 Å². The van der Waals surface area contributed by atoms with Crippen LogP contribution in [-0.4, -0.2) is 53.8 Å². The Morgan fingerprint density at radius 2 is 2.04 bits per heavy atom. The van der Waals surface area contributed by atoms with Crippen LogP contribution in [0.3, 0.4) is 0 Å². The second-order valence-electron chi connectivity index (χ2n) is 7.41. The number of furan rings is 1. The maximum atomic E-state index is 5.48. The number of anilines is 2. The Kier molecular flexibility index (Phi) is 4.26. The molecule has 2 aromatic heterocycles. The Morgan fingerprint density at radius 1 is 1.15 bits per heavy atom. The lowest BCUT2D eigenvalue weighted by Crippen LogP contribution is -2.38. The monoisotopic (exact) mass is 355 g/mol. The van der Waals surface area contributed by atoms with Gasteiger partial charge in [-0.15, -0.1) is 0 Å². The highest BCUT2D eigenvalue weighted by molar-refractivity contribution is 5.53. The number of hydrogen-bond donors (Lipinski definition) is 1. The van der Waals surface area contributed by atoms with Crippen molar-refractivity contribution in [3.8, 4) is 0 Å². The van der Waals surface area contributed by atoms with E-state index in [2.05, 4.69) is 15.1 Å². The first kappa shape index (κ1) is 16.1. The first-order valence-electron chi connectivity index (χ1n) is 9.57. The lowest BCUT2D eigenvalue weighted by Gasteiger charge is -2.32. The number of rotatable bonds is 5. The van der Waals surface area contributed by atoms with Gasteiger partial charge in [-0.1, -0.05) is 0 Å². The Balaban J connectivity index is 1.41. The van der Waals surface area contributed by atoms with Crippen LogP contribution in [0.15, 0.2) is 23.0 Å². The number of fused-ring (bicyclic) bond motifs is 1. The highest BCUT2D eigenvalue weighted by atomic mass is 16.5. The van der Waals surface area contributed by atoms with E-state index in [0.717, 1.165) is 64.1 Å². The van der Waals surface area contributed by atoms with Gasteiger partial charge < -0.3 is 19.4 Å². The van der Waals surface area contributed by atoms with Crippen molar-refractivity contribution in [2.75, 3.05) is 43.1 Å². The Hall–Kier alpha value is -2.12. The van der Waals surface area contributed by atoms with Crippen LogP contribution in [0, 0.1) is 0 Å². The third kappa shape index (κ3) is 3.41. The number of nitrogens with one attached hydrogen (secondary N) is 1.